The Kier molecular flexibility index (Phi) is 5.86. The Morgan fingerprint density at radius 1 is 1.11 bits per heavy atom. The molecule has 0 spiro atoms. The monoisotopic (exact) mass is 366 g/mol. The zero-order valence-electron chi connectivity index (χ0n) is 15.2. The number of nitrogens with zero attached hydrogens (tertiary/aromatic N) is 1. The summed E-state index contributed by atoms with van der Waals surface area (Å²) in [5.41, 5.74) is 1.79. The maximum absolute atomic E-state index is 12.4. The van der Waals surface area contributed by atoms with Crippen LogP contribution in [-0.4, -0.2) is 30.9 Å². The molecule has 1 atom stereocenters. The van der Waals surface area contributed by atoms with E-state index in [9.17, 15) is 14.4 Å². The minimum absolute atomic E-state index is 0.00956. The van der Waals surface area contributed by atoms with Crippen LogP contribution >= 0.6 is 0 Å². The van der Waals surface area contributed by atoms with Crippen molar-refractivity contribution in [2.75, 3.05) is 18.1 Å². The number of hydrogen-bond donors (Lipinski definition) is 1. The summed E-state index contributed by atoms with van der Waals surface area (Å²) >= 11 is 0. The van der Waals surface area contributed by atoms with Gasteiger partial charge in [0.05, 0.1) is 17.3 Å². The van der Waals surface area contributed by atoms with Gasteiger partial charge in [0, 0.05) is 13.0 Å². The third kappa shape index (κ3) is 4.53. The Hall–Kier alpha value is -3.15. The summed E-state index contributed by atoms with van der Waals surface area (Å²) in [7, 11) is 0. The standard InChI is InChI=1S/C21H22N2O4/c1-15(16-8-3-2-4-9-16)22-19(24)14-27-21(26)17-10-5-6-11-18(17)23-13-7-12-20(23)25/h2-6,8-11,15H,7,12-14H2,1H3,(H,22,24)/t15-/m0/s1. The van der Waals surface area contributed by atoms with E-state index in [1.807, 2.05) is 37.3 Å². The lowest BCUT2D eigenvalue weighted by molar-refractivity contribution is -0.125. The lowest BCUT2D eigenvalue weighted by Crippen LogP contribution is -2.31. The van der Waals surface area contributed by atoms with Crippen LogP contribution in [0.3, 0.4) is 0 Å². The van der Waals surface area contributed by atoms with Gasteiger partial charge in [-0.3, -0.25) is 9.59 Å². The highest BCUT2D eigenvalue weighted by Gasteiger charge is 2.26. The maximum Gasteiger partial charge on any atom is 0.340 e. The lowest BCUT2D eigenvalue weighted by atomic mass is 10.1. The molecule has 0 bridgehead atoms. The second kappa shape index (κ2) is 8.49. The van der Waals surface area contributed by atoms with Crippen LogP contribution in [0.5, 0.6) is 0 Å². The topological polar surface area (TPSA) is 75.7 Å². The molecule has 1 N–H and O–H groups in total. The number of esters is 1. The summed E-state index contributed by atoms with van der Waals surface area (Å²) in [4.78, 5) is 38.1. The molecular formula is C21H22N2O4. The van der Waals surface area contributed by atoms with E-state index in [0.29, 0.717) is 18.7 Å². The van der Waals surface area contributed by atoms with Crippen LogP contribution in [0.2, 0.25) is 0 Å². The summed E-state index contributed by atoms with van der Waals surface area (Å²) in [5.74, 6) is -1.01. The van der Waals surface area contributed by atoms with Crippen LogP contribution in [0.4, 0.5) is 5.69 Å². The third-order valence-corrected chi connectivity index (χ3v) is 4.50. The smallest absolute Gasteiger partial charge is 0.340 e. The minimum atomic E-state index is -0.618. The number of para-hydroxylation sites is 1. The van der Waals surface area contributed by atoms with Gasteiger partial charge >= 0.3 is 5.97 Å². The van der Waals surface area contributed by atoms with Crippen molar-refractivity contribution in [2.24, 2.45) is 0 Å². The largest absolute Gasteiger partial charge is 0.452 e. The van der Waals surface area contributed by atoms with Gasteiger partial charge < -0.3 is 15.0 Å². The molecule has 6 heteroatoms. The first-order valence-corrected chi connectivity index (χ1v) is 8.97. The van der Waals surface area contributed by atoms with E-state index < -0.39 is 5.97 Å². The van der Waals surface area contributed by atoms with E-state index in [2.05, 4.69) is 5.32 Å². The molecule has 2 aromatic rings. The predicted molar refractivity (Wildman–Crippen MR) is 101 cm³/mol. The van der Waals surface area contributed by atoms with Gasteiger partial charge in [0.15, 0.2) is 6.61 Å². The number of amides is 2. The molecule has 0 aromatic heterocycles. The van der Waals surface area contributed by atoms with Gasteiger partial charge in [-0.15, -0.1) is 0 Å². The normalized spacial score (nSPS) is 14.7. The molecule has 140 valence electrons. The molecule has 1 saturated heterocycles. The highest BCUT2D eigenvalue weighted by Crippen LogP contribution is 2.26. The van der Waals surface area contributed by atoms with Gasteiger partial charge in [-0.05, 0) is 31.0 Å². The van der Waals surface area contributed by atoms with Gasteiger partial charge in [-0.2, -0.15) is 0 Å². The van der Waals surface area contributed by atoms with Crippen molar-refractivity contribution in [3.8, 4) is 0 Å². The van der Waals surface area contributed by atoms with Crippen molar-refractivity contribution in [3.63, 3.8) is 0 Å². The van der Waals surface area contributed by atoms with Crippen LogP contribution in [0.25, 0.3) is 0 Å². The molecule has 0 aliphatic carbocycles. The number of anilines is 1. The predicted octanol–water partition coefficient (Wildman–Crippen LogP) is 2.85. The van der Waals surface area contributed by atoms with Gasteiger partial charge in [-0.25, -0.2) is 4.79 Å². The van der Waals surface area contributed by atoms with Crippen molar-refractivity contribution in [1.29, 1.82) is 0 Å². The molecule has 3 rings (SSSR count). The van der Waals surface area contributed by atoms with Gasteiger partial charge in [0.2, 0.25) is 5.91 Å². The highest BCUT2D eigenvalue weighted by molar-refractivity contribution is 6.03. The second-order valence-corrected chi connectivity index (χ2v) is 6.44. The summed E-state index contributed by atoms with van der Waals surface area (Å²) in [6, 6.07) is 16.1. The molecule has 2 aromatic carbocycles. The summed E-state index contributed by atoms with van der Waals surface area (Å²) in [6.07, 6.45) is 1.24. The van der Waals surface area contributed by atoms with Gasteiger partial charge in [0.25, 0.3) is 5.91 Å². The average Bonchev–Trinajstić information content (AvgIpc) is 3.12. The Morgan fingerprint density at radius 2 is 1.81 bits per heavy atom. The van der Waals surface area contributed by atoms with Crippen molar-refractivity contribution in [3.05, 3.63) is 65.7 Å². The summed E-state index contributed by atoms with van der Waals surface area (Å²) in [6.45, 7) is 2.07. The van der Waals surface area contributed by atoms with Crippen LogP contribution in [0, 0.1) is 0 Å². The van der Waals surface area contributed by atoms with Crippen molar-refractivity contribution in [1.82, 2.24) is 5.32 Å². The van der Waals surface area contributed by atoms with Crippen LogP contribution in [0.15, 0.2) is 54.6 Å². The molecular weight excluding hydrogens is 344 g/mol. The number of hydrogen-bond acceptors (Lipinski definition) is 4. The average molecular weight is 366 g/mol. The molecule has 1 heterocycles. The molecule has 1 fully saturated rings. The van der Waals surface area contributed by atoms with Crippen molar-refractivity contribution >= 4 is 23.5 Å². The fraction of sp³-hybridized carbons (Fsp3) is 0.286. The Labute approximate surface area is 158 Å². The summed E-state index contributed by atoms with van der Waals surface area (Å²) in [5, 5.41) is 2.80. The first kappa shape index (κ1) is 18.6. The SMILES string of the molecule is C[C@H](NC(=O)COC(=O)c1ccccc1N1CCCC1=O)c1ccccc1. The number of carbonyl (C=O) groups excluding carboxylic acids is 3. The van der Waals surface area contributed by atoms with Crippen LogP contribution < -0.4 is 10.2 Å². The molecule has 1 aliphatic rings. The Balaban J connectivity index is 1.60. The van der Waals surface area contributed by atoms with E-state index >= 15 is 0 Å². The number of nitrogens with one attached hydrogen (secondary N) is 1. The summed E-state index contributed by atoms with van der Waals surface area (Å²) < 4.78 is 5.17. The van der Waals surface area contributed by atoms with Crippen molar-refractivity contribution < 1.29 is 19.1 Å². The zero-order chi connectivity index (χ0) is 19.2. The highest BCUT2D eigenvalue weighted by atomic mass is 16.5. The van der Waals surface area contributed by atoms with E-state index in [1.54, 1.807) is 29.2 Å². The number of benzene rings is 2. The van der Waals surface area contributed by atoms with Gasteiger partial charge in [-0.1, -0.05) is 42.5 Å². The van der Waals surface area contributed by atoms with E-state index in [4.69, 9.17) is 4.74 Å². The molecule has 1 aliphatic heterocycles. The lowest BCUT2D eigenvalue weighted by Gasteiger charge is -2.19. The van der Waals surface area contributed by atoms with E-state index in [-0.39, 0.29) is 30.0 Å². The number of carbonyl (C=O) groups is 3. The van der Waals surface area contributed by atoms with E-state index in [1.165, 1.54) is 0 Å². The third-order valence-electron chi connectivity index (χ3n) is 4.50. The van der Waals surface area contributed by atoms with Crippen molar-refractivity contribution in [2.45, 2.75) is 25.8 Å². The minimum Gasteiger partial charge on any atom is -0.452 e. The fourth-order valence-electron chi connectivity index (χ4n) is 3.10. The van der Waals surface area contributed by atoms with Gasteiger partial charge in [0.1, 0.15) is 0 Å². The fourth-order valence-corrected chi connectivity index (χ4v) is 3.10. The Bertz CT molecular complexity index is 835. The quantitative estimate of drug-likeness (QED) is 0.798. The molecule has 6 nitrogen and oxygen atoms in total. The molecule has 27 heavy (non-hydrogen) atoms. The molecule has 0 saturated carbocycles. The van der Waals surface area contributed by atoms with Crippen LogP contribution in [0.1, 0.15) is 41.7 Å². The molecule has 2 amide bonds. The first-order chi connectivity index (χ1) is 13.1. The molecule has 0 radical (unpaired) electrons. The first-order valence-electron chi connectivity index (χ1n) is 8.97. The maximum atomic E-state index is 12.4. The second-order valence-electron chi connectivity index (χ2n) is 6.44. The van der Waals surface area contributed by atoms with E-state index in [0.717, 1.165) is 12.0 Å². The Morgan fingerprint density at radius 3 is 2.52 bits per heavy atom. The number of rotatable bonds is 6. The van der Waals surface area contributed by atoms with Crippen LogP contribution in [-0.2, 0) is 14.3 Å². The molecule has 0 unspecified atom stereocenters. The zero-order valence-corrected chi connectivity index (χ0v) is 15.2. The number of ether oxygens (including phenoxy) is 1.